The van der Waals surface area contributed by atoms with Crippen LogP contribution in [0.2, 0.25) is 0 Å². The molecule has 2 N–H and O–H groups in total. The largest absolute Gasteiger partial charge is 0.467 e. The average molecular weight is 280 g/mol. The summed E-state index contributed by atoms with van der Waals surface area (Å²) in [5.74, 6) is 0.246. The van der Waals surface area contributed by atoms with Crippen LogP contribution in [0.25, 0.3) is 0 Å². The zero-order valence-electron chi connectivity index (χ0n) is 11.0. The Morgan fingerprint density at radius 3 is 2.84 bits per heavy atom. The minimum Gasteiger partial charge on any atom is -0.467 e. The maximum Gasteiger partial charge on any atom is 0.338 e. The van der Waals surface area contributed by atoms with E-state index in [-0.39, 0.29) is 12.1 Å². The van der Waals surface area contributed by atoms with Crippen LogP contribution < -0.4 is 10.6 Å². The molecule has 0 unspecified atom stereocenters. The van der Waals surface area contributed by atoms with Crippen LogP contribution >= 0.6 is 12.2 Å². The molecule has 0 bridgehead atoms. The normalized spacial score (nSPS) is 19.2. The molecule has 0 spiro atoms. The van der Waals surface area contributed by atoms with Crippen molar-refractivity contribution in [2.45, 2.75) is 32.9 Å². The lowest BCUT2D eigenvalue weighted by Gasteiger charge is -2.28. The highest BCUT2D eigenvalue weighted by molar-refractivity contribution is 7.80. The van der Waals surface area contributed by atoms with Gasteiger partial charge in [0.1, 0.15) is 11.8 Å². The van der Waals surface area contributed by atoms with Crippen LogP contribution in [-0.4, -0.2) is 17.2 Å². The number of furan rings is 1. The highest BCUT2D eigenvalue weighted by Crippen LogP contribution is 2.28. The molecule has 0 fully saturated rings. The summed E-state index contributed by atoms with van der Waals surface area (Å²) in [6.07, 6.45) is 1.38. The lowest BCUT2D eigenvalue weighted by molar-refractivity contribution is -0.143. The number of esters is 1. The molecule has 1 aromatic rings. The zero-order valence-corrected chi connectivity index (χ0v) is 11.8. The van der Waals surface area contributed by atoms with Crippen LogP contribution in [0.5, 0.6) is 0 Å². The summed E-state index contributed by atoms with van der Waals surface area (Å²) in [5, 5.41) is 6.41. The van der Waals surface area contributed by atoms with Gasteiger partial charge in [0.15, 0.2) is 5.11 Å². The Bertz CT molecular complexity index is 520. The number of hydrogen-bond acceptors (Lipinski definition) is 4. The summed E-state index contributed by atoms with van der Waals surface area (Å²) in [6, 6.07) is 3.14. The topological polar surface area (TPSA) is 63.5 Å². The third-order valence-electron chi connectivity index (χ3n) is 2.66. The van der Waals surface area contributed by atoms with Gasteiger partial charge in [-0.05, 0) is 45.1 Å². The first-order chi connectivity index (χ1) is 8.99. The summed E-state index contributed by atoms with van der Waals surface area (Å²) >= 11 is 5.11. The van der Waals surface area contributed by atoms with Gasteiger partial charge in [0.25, 0.3) is 0 Å². The van der Waals surface area contributed by atoms with Gasteiger partial charge in [-0.3, -0.25) is 0 Å². The fraction of sp³-hybridized carbons (Fsp3) is 0.385. The van der Waals surface area contributed by atoms with Crippen molar-refractivity contribution in [3.63, 3.8) is 0 Å². The second-order valence-corrected chi connectivity index (χ2v) is 4.95. The van der Waals surface area contributed by atoms with E-state index < -0.39 is 6.04 Å². The Hall–Kier alpha value is -1.82. The van der Waals surface area contributed by atoms with Crippen molar-refractivity contribution in [1.29, 1.82) is 0 Å². The zero-order chi connectivity index (χ0) is 14.0. The van der Waals surface area contributed by atoms with E-state index in [2.05, 4.69) is 10.6 Å². The third-order valence-corrected chi connectivity index (χ3v) is 2.88. The second kappa shape index (κ2) is 5.44. The van der Waals surface area contributed by atoms with Gasteiger partial charge in [0, 0.05) is 5.70 Å². The van der Waals surface area contributed by atoms with Crippen molar-refractivity contribution in [3.05, 3.63) is 35.4 Å². The average Bonchev–Trinajstić information content (AvgIpc) is 2.79. The van der Waals surface area contributed by atoms with E-state index >= 15 is 0 Å². The molecule has 1 aliphatic rings. The molecule has 1 atom stereocenters. The molecule has 1 aromatic heterocycles. The smallest absolute Gasteiger partial charge is 0.338 e. The highest BCUT2D eigenvalue weighted by Gasteiger charge is 2.32. The Morgan fingerprint density at radius 2 is 2.26 bits per heavy atom. The molecule has 0 radical (unpaired) electrons. The SMILES string of the molecule is CC1=C(C(=O)OC(C)C)[C@H](c2ccco2)NC(=S)N1. The summed E-state index contributed by atoms with van der Waals surface area (Å²) < 4.78 is 10.6. The van der Waals surface area contributed by atoms with Gasteiger partial charge in [0.05, 0.1) is 17.9 Å². The molecule has 0 aliphatic carbocycles. The van der Waals surface area contributed by atoms with E-state index in [0.29, 0.717) is 22.1 Å². The fourth-order valence-corrected chi connectivity index (χ4v) is 2.18. The summed E-state index contributed by atoms with van der Waals surface area (Å²) in [4.78, 5) is 12.2. The van der Waals surface area contributed by atoms with Gasteiger partial charge in [-0.15, -0.1) is 0 Å². The number of ether oxygens (including phenoxy) is 1. The molecular weight excluding hydrogens is 264 g/mol. The molecule has 102 valence electrons. The molecule has 0 aromatic carbocycles. The minimum absolute atomic E-state index is 0.182. The number of rotatable bonds is 3. The van der Waals surface area contributed by atoms with E-state index in [1.165, 1.54) is 0 Å². The molecule has 5 nitrogen and oxygen atoms in total. The quantitative estimate of drug-likeness (QED) is 0.652. The maximum absolute atomic E-state index is 12.2. The third kappa shape index (κ3) is 2.96. The summed E-state index contributed by atoms with van der Waals surface area (Å²) in [5.41, 5.74) is 1.16. The van der Waals surface area contributed by atoms with Crippen LogP contribution in [0.1, 0.15) is 32.6 Å². The monoisotopic (exact) mass is 280 g/mol. The minimum atomic E-state index is -0.421. The molecule has 0 saturated carbocycles. The number of nitrogens with one attached hydrogen (secondary N) is 2. The van der Waals surface area contributed by atoms with Crippen molar-refractivity contribution in [2.75, 3.05) is 0 Å². The van der Waals surface area contributed by atoms with Gasteiger partial charge in [-0.25, -0.2) is 4.79 Å². The lowest BCUT2D eigenvalue weighted by Crippen LogP contribution is -2.45. The molecule has 0 amide bonds. The summed E-state index contributed by atoms with van der Waals surface area (Å²) in [7, 11) is 0. The highest BCUT2D eigenvalue weighted by atomic mass is 32.1. The van der Waals surface area contributed by atoms with Crippen LogP contribution in [0, 0.1) is 0 Å². The van der Waals surface area contributed by atoms with Gasteiger partial charge in [0.2, 0.25) is 0 Å². The van der Waals surface area contributed by atoms with E-state index in [1.54, 1.807) is 25.3 Å². The van der Waals surface area contributed by atoms with Crippen molar-refractivity contribution in [2.24, 2.45) is 0 Å². The number of carbonyl (C=O) groups is 1. The number of carbonyl (C=O) groups excluding carboxylic acids is 1. The maximum atomic E-state index is 12.2. The van der Waals surface area contributed by atoms with Gasteiger partial charge in [-0.2, -0.15) is 0 Å². The molecular formula is C13H16N2O3S. The van der Waals surface area contributed by atoms with E-state index in [0.717, 1.165) is 0 Å². The van der Waals surface area contributed by atoms with Gasteiger partial charge in [-0.1, -0.05) is 0 Å². The molecule has 2 heterocycles. The molecule has 2 rings (SSSR count). The Labute approximate surface area is 117 Å². The predicted molar refractivity (Wildman–Crippen MR) is 74.2 cm³/mol. The molecule has 0 saturated heterocycles. The van der Waals surface area contributed by atoms with E-state index in [9.17, 15) is 4.79 Å². The molecule has 1 aliphatic heterocycles. The van der Waals surface area contributed by atoms with Crippen LogP contribution in [-0.2, 0) is 9.53 Å². The van der Waals surface area contributed by atoms with Gasteiger partial charge >= 0.3 is 5.97 Å². The van der Waals surface area contributed by atoms with Crippen LogP contribution in [0.15, 0.2) is 34.1 Å². The molecule has 6 heteroatoms. The summed E-state index contributed by atoms with van der Waals surface area (Å²) in [6.45, 7) is 5.41. The van der Waals surface area contributed by atoms with Crippen LogP contribution in [0.3, 0.4) is 0 Å². The van der Waals surface area contributed by atoms with Crippen LogP contribution in [0.4, 0.5) is 0 Å². The van der Waals surface area contributed by atoms with Gasteiger partial charge < -0.3 is 19.8 Å². The standard InChI is InChI=1S/C13H16N2O3S/c1-7(2)18-12(16)10-8(3)14-13(19)15-11(10)9-5-4-6-17-9/h4-7,11H,1-3H3,(H2,14,15,19)/t11-/m0/s1. The number of thiocarbonyl (C=S) groups is 1. The predicted octanol–water partition coefficient (Wildman–Crippen LogP) is 2.02. The van der Waals surface area contributed by atoms with E-state index in [1.807, 2.05) is 13.8 Å². The first-order valence-corrected chi connectivity index (χ1v) is 6.42. The lowest BCUT2D eigenvalue weighted by atomic mass is 10.0. The Balaban J connectivity index is 2.36. The first-order valence-electron chi connectivity index (χ1n) is 6.01. The first kappa shape index (κ1) is 13.6. The Morgan fingerprint density at radius 1 is 1.53 bits per heavy atom. The number of allylic oxidation sites excluding steroid dienone is 1. The number of hydrogen-bond donors (Lipinski definition) is 2. The second-order valence-electron chi connectivity index (χ2n) is 4.54. The van der Waals surface area contributed by atoms with E-state index in [4.69, 9.17) is 21.4 Å². The Kier molecular flexibility index (Phi) is 3.90. The molecule has 19 heavy (non-hydrogen) atoms. The van der Waals surface area contributed by atoms with Crippen molar-refractivity contribution in [3.8, 4) is 0 Å². The fourth-order valence-electron chi connectivity index (χ4n) is 1.91. The van der Waals surface area contributed by atoms with Crippen molar-refractivity contribution in [1.82, 2.24) is 10.6 Å². The van der Waals surface area contributed by atoms with Crippen molar-refractivity contribution < 1.29 is 13.9 Å². The van der Waals surface area contributed by atoms with Crippen molar-refractivity contribution >= 4 is 23.3 Å².